The molecular weight excluding hydrogens is 318 g/mol. The molecule has 1 saturated heterocycles. The number of hydrogen-bond acceptors (Lipinski definition) is 7. The minimum Gasteiger partial charge on any atom is -0.431 e. The summed E-state index contributed by atoms with van der Waals surface area (Å²) in [6, 6.07) is 7.88. The van der Waals surface area contributed by atoms with E-state index in [9.17, 15) is 0 Å². The van der Waals surface area contributed by atoms with Crippen molar-refractivity contribution in [3.8, 4) is 0 Å². The molecule has 22 heavy (non-hydrogen) atoms. The molecule has 5 nitrogen and oxygen atoms in total. The van der Waals surface area contributed by atoms with E-state index in [1.165, 1.54) is 5.17 Å². The van der Waals surface area contributed by atoms with Gasteiger partial charge in [0.2, 0.25) is 0 Å². The molecule has 3 heterocycles. The number of para-hydroxylation sites is 2. The van der Waals surface area contributed by atoms with Crippen LogP contribution >= 0.6 is 23.5 Å². The number of nitrogens with zero attached hydrogens (tertiary/aromatic N) is 3. The van der Waals surface area contributed by atoms with E-state index in [4.69, 9.17) is 9.15 Å². The molecule has 1 fully saturated rings. The zero-order valence-corrected chi connectivity index (χ0v) is 13.7. The van der Waals surface area contributed by atoms with Crippen LogP contribution in [0.4, 0.5) is 0 Å². The summed E-state index contributed by atoms with van der Waals surface area (Å²) < 4.78 is 11.1. The molecule has 0 amide bonds. The first-order chi connectivity index (χ1) is 10.9. The third-order valence-corrected chi connectivity index (χ3v) is 6.10. The van der Waals surface area contributed by atoms with Crippen molar-refractivity contribution >= 4 is 39.8 Å². The number of aromatic nitrogens is 1. The Bertz CT molecular complexity index is 649. The van der Waals surface area contributed by atoms with Crippen LogP contribution in [0.2, 0.25) is 0 Å². The zero-order chi connectivity index (χ0) is 14.8. The number of hydrogen-bond donors (Lipinski definition) is 0. The summed E-state index contributed by atoms with van der Waals surface area (Å²) in [7, 11) is 0. The van der Waals surface area contributed by atoms with Gasteiger partial charge in [-0.1, -0.05) is 35.7 Å². The van der Waals surface area contributed by atoms with Crippen molar-refractivity contribution in [1.82, 2.24) is 9.88 Å². The van der Waals surface area contributed by atoms with Crippen molar-refractivity contribution in [2.75, 3.05) is 38.6 Å². The van der Waals surface area contributed by atoms with E-state index >= 15 is 0 Å². The molecular formula is C15H17N3O2S2. The van der Waals surface area contributed by atoms with Gasteiger partial charge in [-0.25, -0.2) is 4.98 Å². The summed E-state index contributed by atoms with van der Waals surface area (Å²) in [5.74, 6) is 0.967. The second-order valence-electron chi connectivity index (χ2n) is 5.22. The van der Waals surface area contributed by atoms with Gasteiger partial charge in [-0.2, -0.15) is 0 Å². The van der Waals surface area contributed by atoms with Crippen LogP contribution in [0.15, 0.2) is 38.9 Å². The Morgan fingerprint density at radius 3 is 3.00 bits per heavy atom. The monoisotopic (exact) mass is 335 g/mol. The van der Waals surface area contributed by atoms with E-state index in [1.54, 1.807) is 11.8 Å². The smallest absolute Gasteiger partial charge is 0.256 e. The molecule has 7 heteroatoms. The van der Waals surface area contributed by atoms with E-state index in [0.717, 1.165) is 54.9 Å². The Morgan fingerprint density at radius 1 is 1.27 bits per heavy atom. The fraction of sp³-hybridized carbons (Fsp3) is 0.467. The highest BCUT2D eigenvalue weighted by atomic mass is 32.2. The van der Waals surface area contributed by atoms with Crippen molar-refractivity contribution < 1.29 is 9.15 Å². The second-order valence-corrected chi connectivity index (χ2v) is 7.46. The van der Waals surface area contributed by atoms with Crippen molar-refractivity contribution in [3.63, 3.8) is 0 Å². The van der Waals surface area contributed by atoms with Crippen LogP contribution in [-0.2, 0) is 4.74 Å². The van der Waals surface area contributed by atoms with Gasteiger partial charge >= 0.3 is 0 Å². The average molecular weight is 335 g/mol. The number of amidine groups is 1. The maximum absolute atomic E-state index is 5.75. The van der Waals surface area contributed by atoms with Crippen LogP contribution in [-0.4, -0.2) is 58.9 Å². The molecule has 1 aromatic heterocycles. The average Bonchev–Trinajstić information content (AvgIpc) is 3.20. The van der Waals surface area contributed by atoms with Gasteiger partial charge in [0.05, 0.1) is 19.8 Å². The number of benzene rings is 1. The third kappa shape index (κ3) is 3.11. The number of aliphatic imine (C=N–C) groups is 1. The zero-order valence-electron chi connectivity index (χ0n) is 12.1. The minimum atomic E-state index is 0.498. The molecule has 0 unspecified atom stereocenters. The largest absolute Gasteiger partial charge is 0.431 e. The van der Waals surface area contributed by atoms with E-state index < -0.39 is 0 Å². The first kappa shape index (κ1) is 14.4. The van der Waals surface area contributed by atoms with Crippen molar-refractivity contribution in [1.29, 1.82) is 0 Å². The van der Waals surface area contributed by atoms with Crippen LogP contribution in [0.3, 0.4) is 0 Å². The molecule has 1 aromatic carbocycles. The minimum absolute atomic E-state index is 0.498. The van der Waals surface area contributed by atoms with Gasteiger partial charge < -0.3 is 14.1 Å². The van der Waals surface area contributed by atoms with Crippen molar-refractivity contribution in [2.45, 2.75) is 10.5 Å². The van der Waals surface area contributed by atoms with Crippen LogP contribution in [0.25, 0.3) is 11.1 Å². The lowest BCUT2D eigenvalue weighted by Gasteiger charge is -2.28. The maximum atomic E-state index is 5.75. The molecule has 116 valence electrons. The first-order valence-corrected chi connectivity index (χ1v) is 9.27. The number of rotatable bonds is 3. The van der Waals surface area contributed by atoms with Gasteiger partial charge in [-0.05, 0) is 12.1 Å². The highest BCUT2D eigenvalue weighted by Crippen LogP contribution is 2.30. The second kappa shape index (κ2) is 6.52. The van der Waals surface area contributed by atoms with Crippen LogP contribution in [0.5, 0.6) is 0 Å². The molecule has 0 radical (unpaired) electrons. The lowest BCUT2D eigenvalue weighted by Crippen LogP contribution is -2.39. The van der Waals surface area contributed by atoms with Crippen molar-refractivity contribution in [2.24, 2.45) is 4.99 Å². The Kier molecular flexibility index (Phi) is 4.27. The highest BCUT2D eigenvalue weighted by molar-refractivity contribution is 8.15. The third-order valence-electron chi connectivity index (χ3n) is 3.65. The SMILES string of the molecule is c1ccc2oc(SC[C@H]3CN=C(N4CCOCC4)S3)nc2c1. The summed E-state index contributed by atoms with van der Waals surface area (Å²) in [4.78, 5) is 11.5. The molecule has 0 spiro atoms. The highest BCUT2D eigenvalue weighted by Gasteiger charge is 2.25. The number of ether oxygens (including phenoxy) is 1. The van der Waals surface area contributed by atoms with E-state index in [2.05, 4.69) is 14.9 Å². The molecule has 0 bridgehead atoms. The molecule has 0 aliphatic carbocycles. The molecule has 1 atom stereocenters. The summed E-state index contributed by atoms with van der Waals surface area (Å²) >= 11 is 3.55. The number of oxazole rings is 1. The van der Waals surface area contributed by atoms with Gasteiger partial charge in [-0.3, -0.25) is 4.99 Å². The molecule has 2 aliphatic rings. The first-order valence-electron chi connectivity index (χ1n) is 7.41. The van der Waals surface area contributed by atoms with Gasteiger partial charge in [-0.15, -0.1) is 0 Å². The standard InChI is InChI=1S/C15H17N3O2S2/c1-2-4-13-12(3-1)17-15(20-13)21-10-11-9-16-14(22-11)18-5-7-19-8-6-18/h1-4,11H,5-10H2/t11-/m1/s1. The normalized spacial score (nSPS) is 22.3. The van der Waals surface area contributed by atoms with Gasteiger partial charge in [0.25, 0.3) is 5.22 Å². The van der Waals surface area contributed by atoms with Gasteiger partial charge in [0.15, 0.2) is 10.8 Å². The predicted octanol–water partition coefficient (Wildman–Crippen LogP) is 2.72. The van der Waals surface area contributed by atoms with Crippen LogP contribution in [0, 0.1) is 0 Å². The van der Waals surface area contributed by atoms with E-state index in [-0.39, 0.29) is 0 Å². The maximum Gasteiger partial charge on any atom is 0.256 e. The summed E-state index contributed by atoms with van der Waals surface area (Å²) in [6.07, 6.45) is 0. The fourth-order valence-corrected chi connectivity index (χ4v) is 4.65. The summed E-state index contributed by atoms with van der Waals surface area (Å²) in [5.41, 5.74) is 1.78. The summed E-state index contributed by atoms with van der Waals surface area (Å²) in [6.45, 7) is 4.40. The molecule has 4 rings (SSSR count). The van der Waals surface area contributed by atoms with Gasteiger partial charge in [0.1, 0.15) is 5.52 Å². The van der Waals surface area contributed by atoms with Crippen LogP contribution in [0.1, 0.15) is 0 Å². The van der Waals surface area contributed by atoms with E-state index in [1.807, 2.05) is 36.0 Å². The predicted molar refractivity (Wildman–Crippen MR) is 90.8 cm³/mol. The van der Waals surface area contributed by atoms with Crippen LogP contribution < -0.4 is 0 Å². The number of thioether (sulfide) groups is 2. The Morgan fingerprint density at radius 2 is 2.14 bits per heavy atom. The topological polar surface area (TPSA) is 50.9 Å². The Labute approximate surface area is 137 Å². The fourth-order valence-electron chi connectivity index (χ4n) is 2.50. The lowest BCUT2D eigenvalue weighted by molar-refractivity contribution is 0.0693. The van der Waals surface area contributed by atoms with E-state index in [0.29, 0.717) is 5.25 Å². The molecule has 0 N–H and O–H groups in total. The number of morpholine rings is 1. The lowest BCUT2D eigenvalue weighted by atomic mass is 10.3. The quantitative estimate of drug-likeness (QED) is 0.804. The molecule has 2 aromatic rings. The van der Waals surface area contributed by atoms with Crippen molar-refractivity contribution in [3.05, 3.63) is 24.3 Å². The Balaban J connectivity index is 1.31. The Hall–Kier alpha value is -1.18. The van der Waals surface area contributed by atoms with Gasteiger partial charge in [0, 0.05) is 24.1 Å². The molecule has 0 saturated carbocycles. The molecule has 2 aliphatic heterocycles. The number of fused-ring (bicyclic) bond motifs is 1. The summed E-state index contributed by atoms with van der Waals surface area (Å²) in [5, 5.41) is 2.42.